The highest BCUT2D eigenvalue weighted by Crippen LogP contribution is 2.26. The van der Waals surface area contributed by atoms with Crippen LogP contribution in [0.4, 0.5) is 13.2 Å². The van der Waals surface area contributed by atoms with Gasteiger partial charge in [-0.2, -0.15) is 4.99 Å². The molecule has 2 rings (SSSR count). The molecule has 1 amide bonds. The van der Waals surface area contributed by atoms with Crippen molar-refractivity contribution in [3.8, 4) is 5.75 Å². The summed E-state index contributed by atoms with van der Waals surface area (Å²) in [7, 11) is 0. The molecule has 1 atom stereocenters. The van der Waals surface area contributed by atoms with Gasteiger partial charge in [-0.1, -0.05) is 42.5 Å². The molecule has 2 aromatic rings. The van der Waals surface area contributed by atoms with Crippen molar-refractivity contribution in [3.05, 3.63) is 65.7 Å². The van der Waals surface area contributed by atoms with E-state index >= 15 is 0 Å². The molecular weight excluding hydrogens is 335 g/mol. The molecule has 0 heterocycles. The van der Waals surface area contributed by atoms with Crippen molar-refractivity contribution in [1.82, 2.24) is 0 Å². The van der Waals surface area contributed by atoms with Crippen LogP contribution in [0.2, 0.25) is 0 Å². The maximum absolute atomic E-state index is 12.3. The summed E-state index contributed by atoms with van der Waals surface area (Å²) in [5, 5.41) is 0. The lowest BCUT2D eigenvalue weighted by Gasteiger charge is -2.15. The molecule has 0 fully saturated rings. The van der Waals surface area contributed by atoms with Crippen LogP contribution >= 0.6 is 0 Å². The zero-order valence-corrected chi connectivity index (χ0v) is 13.0. The topological polar surface area (TPSA) is 90.7 Å². The number of rotatable bonds is 5. The fourth-order valence-electron chi connectivity index (χ4n) is 2.30. The van der Waals surface area contributed by atoms with E-state index < -0.39 is 18.2 Å². The minimum Gasteiger partial charge on any atom is -0.406 e. The predicted molar refractivity (Wildman–Crippen MR) is 86.8 cm³/mol. The second kappa shape index (κ2) is 7.69. The molecule has 0 saturated heterocycles. The SMILES string of the molecule is NC(N)=NC(=O)[C@H](Cc1ccc(OC(F)(F)F)cc1)c1ccccc1. The zero-order valence-electron chi connectivity index (χ0n) is 13.0. The summed E-state index contributed by atoms with van der Waals surface area (Å²) in [6.45, 7) is 0. The van der Waals surface area contributed by atoms with Gasteiger partial charge < -0.3 is 16.2 Å². The van der Waals surface area contributed by atoms with Crippen molar-refractivity contribution in [1.29, 1.82) is 0 Å². The largest absolute Gasteiger partial charge is 0.573 e. The predicted octanol–water partition coefficient (Wildman–Crippen LogP) is 2.71. The molecule has 0 aliphatic carbocycles. The smallest absolute Gasteiger partial charge is 0.406 e. The van der Waals surface area contributed by atoms with Crippen LogP contribution < -0.4 is 16.2 Å². The number of nitrogens with zero attached hydrogens (tertiary/aromatic N) is 1. The van der Waals surface area contributed by atoms with Gasteiger partial charge in [0, 0.05) is 0 Å². The maximum Gasteiger partial charge on any atom is 0.573 e. The Balaban J connectivity index is 2.22. The fraction of sp³-hybridized carbons (Fsp3) is 0.176. The first-order valence-electron chi connectivity index (χ1n) is 7.28. The first kappa shape index (κ1) is 18.3. The number of carbonyl (C=O) groups is 1. The lowest BCUT2D eigenvalue weighted by molar-refractivity contribution is -0.274. The van der Waals surface area contributed by atoms with E-state index in [0.717, 1.165) is 0 Å². The third-order valence-corrected chi connectivity index (χ3v) is 3.34. The lowest BCUT2D eigenvalue weighted by Crippen LogP contribution is -2.26. The van der Waals surface area contributed by atoms with Gasteiger partial charge in [0.05, 0.1) is 5.92 Å². The number of aliphatic imine (C=N–C) groups is 1. The molecule has 5 nitrogen and oxygen atoms in total. The van der Waals surface area contributed by atoms with E-state index in [9.17, 15) is 18.0 Å². The molecule has 8 heteroatoms. The molecular formula is C17H16F3N3O2. The van der Waals surface area contributed by atoms with Gasteiger partial charge >= 0.3 is 6.36 Å². The van der Waals surface area contributed by atoms with Gasteiger partial charge in [-0.15, -0.1) is 13.2 Å². The van der Waals surface area contributed by atoms with Gasteiger partial charge in [-0.3, -0.25) is 4.79 Å². The average Bonchev–Trinajstić information content (AvgIpc) is 2.52. The number of amides is 1. The molecule has 0 unspecified atom stereocenters. The van der Waals surface area contributed by atoms with Crippen molar-refractivity contribution in [2.45, 2.75) is 18.7 Å². The standard InChI is InChI=1S/C17H16F3N3O2/c18-17(19,20)25-13-8-6-11(7-9-13)10-14(15(24)23-16(21)22)12-4-2-1-3-5-12/h1-9,14H,10H2,(H4,21,22,23,24)/t14-/m1/s1. The van der Waals surface area contributed by atoms with E-state index in [0.29, 0.717) is 11.1 Å². The van der Waals surface area contributed by atoms with Gasteiger partial charge in [-0.05, 0) is 29.7 Å². The average molecular weight is 351 g/mol. The molecule has 0 spiro atoms. The van der Waals surface area contributed by atoms with Crippen LogP contribution in [0, 0.1) is 0 Å². The second-order valence-corrected chi connectivity index (χ2v) is 5.23. The van der Waals surface area contributed by atoms with Crippen LogP contribution in [-0.2, 0) is 11.2 Å². The number of carbonyl (C=O) groups excluding carboxylic acids is 1. The minimum atomic E-state index is -4.75. The first-order chi connectivity index (χ1) is 11.7. The van der Waals surface area contributed by atoms with Crippen LogP contribution in [0.1, 0.15) is 17.0 Å². The Morgan fingerprint density at radius 2 is 1.64 bits per heavy atom. The molecule has 0 saturated carbocycles. The number of benzene rings is 2. The van der Waals surface area contributed by atoms with E-state index in [4.69, 9.17) is 11.5 Å². The molecule has 0 aliphatic heterocycles. The zero-order chi connectivity index (χ0) is 18.4. The summed E-state index contributed by atoms with van der Waals surface area (Å²) >= 11 is 0. The van der Waals surface area contributed by atoms with Crippen LogP contribution in [0.25, 0.3) is 0 Å². The van der Waals surface area contributed by atoms with Crippen LogP contribution in [0.3, 0.4) is 0 Å². The molecule has 132 valence electrons. The normalized spacial score (nSPS) is 12.3. The molecule has 0 radical (unpaired) electrons. The van der Waals surface area contributed by atoms with E-state index in [2.05, 4.69) is 9.73 Å². The highest BCUT2D eigenvalue weighted by molar-refractivity contribution is 5.95. The van der Waals surface area contributed by atoms with Gasteiger partial charge in [0.25, 0.3) is 5.91 Å². The number of guanidine groups is 1. The minimum absolute atomic E-state index is 0.228. The Morgan fingerprint density at radius 3 is 2.16 bits per heavy atom. The molecule has 4 N–H and O–H groups in total. The number of hydrogen-bond acceptors (Lipinski definition) is 2. The lowest BCUT2D eigenvalue weighted by atomic mass is 9.91. The second-order valence-electron chi connectivity index (χ2n) is 5.23. The molecule has 25 heavy (non-hydrogen) atoms. The fourth-order valence-corrected chi connectivity index (χ4v) is 2.30. The highest BCUT2D eigenvalue weighted by Gasteiger charge is 2.31. The monoisotopic (exact) mass is 351 g/mol. The molecule has 0 aromatic heterocycles. The Morgan fingerprint density at radius 1 is 1.04 bits per heavy atom. The van der Waals surface area contributed by atoms with E-state index in [1.54, 1.807) is 30.3 Å². The van der Waals surface area contributed by atoms with Crippen LogP contribution in [0.15, 0.2) is 59.6 Å². The number of ether oxygens (including phenoxy) is 1. The quantitative estimate of drug-likeness (QED) is 0.640. The van der Waals surface area contributed by atoms with Gasteiger partial charge in [0.2, 0.25) is 0 Å². The van der Waals surface area contributed by atoms with E-state index in [1.807, 2.05) is 0 Å². The Hall–Kier alpha value is -3.03. The van der Waals surface area contributed by atoms with Crippen molar-refractivity contribution >= 4 is 11.9 Å². The van der Waals surface area contributed by atoms with Crippen LogP contribution in [0.5, 0.6) is 5.75 Å². The number of nitrogens with two attached hydrogens (primary N) is 2. The maximum atomic E-state index is 12.3. The van der Waals surface area contributed by atoms with Crippen molar-refractivity contribution in [3.63, 3.8) is 0 Å². The van der Waals surface area contributed by atoms with Gasteiger partial charge in [0.15, 0.2) is 5.96 Å². The van der Waals surface area contributed by atoms with Crippen molar-refractivity contribution in [2.24, 2.45) is 16.5 Å². The molecule has 0 bridgehead atoms. The Bertz CT molecular complexity index is 740. The molecule has 2 aromatic carbocycles. The summed E-state index contributed by atoms with van der Waals surface area (Å²) in [6.07, 6.45) is -4.52. The Labute approximate surface area is 142 Å². The van der Waals surface area contributed by atoms with Gasteiger partial charge in [-0.25, -0.2) is 0 Å². The third kappa shape index (κ3) is 5.83. The van der Waals surface area contributed by atoms with Crippen molar-refractivity contribution < 1.29 is 22.7 Å². The summed E-state index contributed by atoms with van der Waals surface area (Å²) < 4.78 is 40.4. The third-order valence-electron chi connectivity index (χ3n) is 3.34. The summed E-state index contributed by atoms with van der Waals surface area (Å²) in [6, 6.07) is 14.1. The number of halogens is 3. The van der Waals surface area contributed by atoms with Crippen LogP contribution in [-0.4, -0.2) is 18.2 Å². The van der Waals surface area contributed by atoms with E-state index in [1.165, 1.54) is 24.3 Å². The van der Waals surface area contributed by atoms with Gasteiger partial charge in [0.1, 0.15) is 5.75 Å². The first-order valence-corrected chi connectivity index (χ1v) is 7.28. The van der Waals surface area contributed by atoms with Crippen molar-refractivity contribution in [2.75, 3.05) is 0 Å². The van der Waals surface area contributed by atoms with E-state index in [-0.39, 0.29) is 18.1 Å². The number of alkyl halides is 3. The number of hydrogen-bond donors (Lipinski definition) is 2. The Kier molecular flexibility index (Phi) is 5.63. The highest BCUT2D eigenvalue weighted by atomic mass is 19.4. The molecule has 0 aliphatic rings. The summed E-state index contributed by atoms with van der Waals surface area (Å²) in [5.41, 5.74) is 11.9. The summed E-state index contributed by atoms with van der Waals surface area (Å²) in [4.78, 5) is 15.9. The summed E-state index contributed by atoms with van der Waals surface area (Å²) in [5.74, 6) is -1.86.